The number of ether oxygens (including phenoxy) is 1. The monoisotopic (exact) mass is 410 g/mol. The highest BCUT2D eigenvalue weighted by Crippen LogP contribution is 2.38. The van der Waals surface area contributed by atoms with Crippen molar-refractivity contribution in [2.75, 3.05) is 42.4 Å². The summed E-state index contributed by atoms with van der Waals surface area (Å²) in [7, 11) is 5.46. The Morgan fingerprint density at radius 1 is 1.10 bits per heavy atom. The normalized spacial score (nSPS) is 10.3. The lowest BCUT2D eigenvalue weighted by molar-refractivity contribution is 0.104. The van der Waals surface area contributed by atoms with Crippen LogP contribution in [0.5, 0.6) is 5.75 Å². The van der Waals surface area contributed by atoms with Crippen molar-refractivity contribution in [3.05, 3.63) is 29.5 Å². The molecule has 0 aliphatic heterocycles. The van der Waals surface area contributed by atoms with Crippen LogP contribution in [-0.2, 0) is 0 Å². The van der Waals surface area contributed by atoms with E-state index in [1.54, 1.807) is 12.1 Å². The zero-order chi connectivity index (χ0) is 22.3. The predicted octanol–water partition coefficient (Wildman–Crippen LogP) is 4.53. The van der Waals surface area contributed by atoms with E-state index in [4.69, 9.17) is 4.74 Å². The summed E-state index contributed by atoms with van der Waals surface area (Å²) < 4.78 is 6.08. The quantitative estimate of drug-likeness (QED) is 0.334. The van der Waals surface area contributed by atoms with Gasteiger partial charge in [-0.2, -0.15) is 5.26 Å². The molecule has 0 fully saturated rings. The van der Waals surface area contributed by atoms with E-state index in [0.29, 0.717) is 17.1 Å². The van der Waals surface area contributed by atoms with Gasteiger partial charge in [0.15, 0.2) is 0 Å². The molecule has 30 heavy (non-hydrogen) atoms. The molecule has 1 aromatic heterocycles. The summed E-state index contributed by atoms with van der Waals surface area (Å²) in [6.45, 7) is 5.87. The first kappa shape index (κ1) is 22.8. The summed E-state index contributed by atoms with van der Waals surface area (Å²) in [5, 5.41) is 22.0. The van der Waals surface area contributed by atoms with Crippen LogP contribution < -0.4 is 26.0 Å². The highest BCUT2D eigenvalue weighted by Gasteiger charge is 2.23. The minimum Gasteiger partial charge on any atom is -0.489 e. The number of carbonyl (C=O) groups excluding carboxylic acids is 1. The summed E-state index contributed by atoms with van der Waals surface area (Å²) in [6.07, 6.45) is 1.53. The fourth-order valence-corrected chi connectivity index (χ4v) is 3.17. The molecule has 1 heterocycles. The van der Waals surface area contributed by atoms with E-state index in [0.717, 1.165) is 29.9 Å². The highest BCUT2D eigenvalue weighted by atomic mass is 16.5. The maximum atomic E-state index is 12.6. The Morgan fingerprint density at radius 3 is 2.17 bits per heavy atom. The van der Waals surface area contributed by atoms with Crippen molar-refractivity contribution >= 4 is 34.4 Å². The SMILES string of the molecule is CCC(CC)Oc1cc(C)nc(Nc2c(NC)cc(NC)cc2NC)c1C(=O)C#N. The van der Waals surface area contributed by atoms with Gasteiger partial charge < -0.3 is 26.0 Å². The highest BCUT2D eigenvalue weighted by molar-refractivity contribution is 6.13. The number of hydrogen-bond donors (Lipinski definition) is 4. The van der Waals surface area contributed by atoms with Crippen molar-refractivity contribution in [2.24, 2.45) is 0 Å². The summed E-state index contributed by atoms with van der Waals surface area (Å²) in [4.78, 5) is 17.1. The Kier molecular flexibility index (Phi) is 7.87. The van der Waals surface area contributed by atoms with E-state index in [2.05, 4.69) is 26.3 Å². The number of pyridine rings is 1. The van der Waals surface area contributed by atoms with Crippen LogP contribution in [0.25, 0.3) is 0 Å². The molecule has 0 bridgehead atoms. The van der Waals surface area contributed by atoms with Gasteiger partial charge in [0.05, 0.1) is 23.2 Å². The van der Waals surface area contributed by atoms with Crippen LogP contribution in [0.2, 0.25) is 0 Å². The summed E-state index contributed by atoms with van der Waals surface area (Å²) in [6, 6.07) is 7.29. The Balaban J connectivity index is 2.66. The molecule has 1 aromatic carbocycles. The molecule has 0 atom stereocenters. The van der Waals surface area contributed by atoms with Crippen LogP contribution in [0, 0.1) is 18.3 Å². The number of ketones is 1. The van der Waals surface area contributed by atoms with Gasteiger partial charge in [-0.1, -0.05) is 13.8 Å². The molecule has 160 valence electrons. The maximum absolute atomic E-state index is 12.6. The molecule has 2 rings (SSSR count). The van der Waals surface area contributed by atoms with Gasteiger partial charge >= 0.3 is 0 Å². The van der Waals surface area contributed by atoms with Gasteiger partial charge in [-0.15, -0.1) is 0 Å². The van der Waals surface area contributed by atoms with Gasteiger partial charge in [0.25, 0.3) is 5.78 Å². The van der Waals surface area contributed by atoms with Gasteiger partial charge in [-0.3, -0.25) is 4.79 Å². The molecule has 0 aliphatic rings. The van der Waals surface area contributed by atoms with Gasteiger partial charge in [0.1, 0.15) is 23.2 Å². The molecule has 0 saturated heterocycles. The fraction of sp³-hybridized carbons (Fsp3) is 0.409. The molecule has 0 spiro atoms. The number of aromatic nitrogens is 1. The van der Waals surface area contributed by atoms with E-state index < -0.39 is 5.78 Å². The van der Waals surface area contributed by atoms with E-state index in [1.807, 2.05) is 54.0 Å². The first-order chi connectivity index (χ1) is 14.4. The van der Waals surface area contributed by atoms with Crippen LogP contribution in [0.3, 0.4) is 0 Å². The van der Waals surface area contributed by atoms with Crippen LogP contribution in [-0.4, -0.2) is 38.0 Å². The fourth-order valence-electron chi connectivity index (χ4n) is 3.17. The molecule has 0 amide bonds. The number of nitrogens with one attached hydrogen (secondary N) is 4. The second-order valence-electron chi connectivity index (χ2n) is 6.80. The third kappa shape index (κ3) is 4.92. The lowest BCUT2D eigenvalue weighted by Crippen LogP contribution is -2.17. The molecule has 2 aromatic rings. The Hall–Kier alpha value is -3.47. The molecule has 8 nitrogen and oxygen atoms in total. The zero-order valence-corrected chi connectivity index (χ0v) is 18.4. The topological polar surface area (TPSA) is 111 Å². The molecular formula is C22H30N6O2. The molecule has 8 heteroatoms. The summed E-state index contributed by atoms with van der Waals surface area (Å²) in [5.74, 6) is -0.0448. The van der Waals surface area contributed by atoms with Crippen molar-refractivity contribution in [3.63, 3.8) is 0 Å². The van der Waals surface area contributed by atoms with Gasteiger partial charge in [0, 0.05) is 38.6 Å². The number of nitriles is 1. The van der Waals surface area contributed by atoms with Crippen molar-refractivity contribution in [2.45, 2.75) is 39.7 Å². The zero-order valence-electron chi connectivity index (χ0n) is 18.4. The number of anilines is 5. The molecule has 0 unspecified atom stereocenters. The third-order valence-corrected chi connectivity index (χ3v) is 4.85. The second-order valence-corrected chi connectivity index (χ2v) is 6.80. The van der Waals surface area contributed by atoms with Gasteiger partial charge in [-0.25, -0.2) is 4.98 Å². The molecule has 0 saturated carbocycles. The largest absolute Gasteiger partial charge is 0.489 e. The molecule has 4 N–H and O–H groups in total. The number of benzene rings is 1. The second kappa shape index (κ2) is 10.3. The average molecular weight is 411 g/mol. The first-order valence-corrected chi connectivity index (χ1v) is 10.0. The van der Waals surface area contributed by atoms with Crippen LogP contribution in [0.15, 0.2) is 18.2 Å². The van der Waals surface area contributed by atoms with Crippen molar-refractivity contribution in [1.82, 2.24) is 4.98 Å². The van der Waals surface area contributed by atoms with E-state index >= 15 is 0 Å². The Labute approximate surface area is 178 Å². The standard InChI is InChI=1S/C22H30N6O2/c1-7-15(8-2)30-19-9-13(3)27-22(20(19)18(29)12-23)28-21-16(25-5)10-14(24-4)11-17(21)26-6/h9-11,15,24-26H,7-8H2,1-6H3,(H,27,28). The number of carbonyl (C=O) groups is 1. The summed E-state index contributed by atoms with van der Waals surface area (Å²) in [5.41, 5.74) is 4.03. The van der Waals surface area contributed by atoms with Crippen molar-refractivity contribution in [1.29, 1.82) is 5.26 Å². The lowest BCUT2D eigenvalue weighted by atomic mass is 10.1. The average Bonchev–Trinajstić information content (AvgIpc) is 2.76. The Bertz CT molecular complexity index is 922. The minimum absolute atomic E-state index is 0.0551. The molecule has 0 radical (unpaired) electrons. The number of aryl methyl sites for hydroxylation is 1. The lowest BCUT2D eigenvalue weighted by Gasteiger charge is -2.22. The number of nitrogens with zero attached hydrogens (tertiary/aromatic N) is 2. The smallest absolute Gasteiger partial charge is 0.269 e. The molecular weight excluding hydrogens is 380 g/mol. The third-order valence-electron chi connectivity index (χ3n) is 4.85. The minimum atomic E-state index is -0.699. The number of hydrogen-bond acceptors (Lipinski definition) is 8. The van der Waals surface area contributed by atoms with Crippen LogP contribution >= 0.6 is 0 Å². The van der Waals surface area contributed by atoms with Crippen molar-refractivity contribution in [3.8, 4) is 11.8 Å². The van der Waals surface area contributed by atoms with Gasteiger partial charge in [-0.05, 0) is 31.9 Å². The van der Waals surface area contributed by atoms with E-state index in [9.17, 15) is 10.1 Å². The van der Waals surface area contributed by atoms with Crippen molar-refractivity contribution < 1.29 is 9.53 Å². The number of Topliss-reactive ketones (excluding diaryl/α,β-unsaturated/α-hetero) is 1. The van der Waals surface area contributed by atoms with Gasteiger partial charge in [0.2, 0.25) is 0 Å². The summed E-state index contributed by atoms with van der Waals surface area (Å²) >= 11 is 0. The van der Waals surface area contributed by atoms with Crippen LogP contribution in [0.1, 0.15) is 42.7 Å². The van der Waals surface area contributed by atoms with E-state index in [1.165, 1.54) is 0 Å². The number of rotatable bonds is 10. The predicted molar refractivity (Wildman–Crippen MR) is 122 cm³/mol. The molecule has 0 aliphatic carbocycles. The maximum Gasteiger partial charge on any atom is 0.269 e. The Morgan fingerprint density at radius 2 is 1.70 bits per heavy atom. The first-order valence-electron chi connectivity index (χ1n) is 10.0. The van der Waals surface area contributed by atoms with E-state index in [-0.39, 0.29) is 17.5 Å². The van der Waals surface area contributed by atoms with Crippen LogP contribution in [0.4, 0.5) is 28.6 Å².